The molecule has 3 N–H and O–H groups in total. The van der Waals surface area contributed by atoms with E-state index in [4.69, 9.17) is 26.5 Å². The van der Waals surface area contributed by atoms with Gasteiger partial charge in [-0.1, -0.05) is 23.7 Å². The number of ether oxygens (including phenoxy) is 1. The molecule has 0 saturated carbocycles. The summed E-state index contributed by atoms with van der Waals surface area (Å²) in [5, 5.41) is 6.37. The van der Waals surface area contributed by atoms with Crippen LogP contribution in [-0.4, -0.2) is 23.9 Å². The number of thiazole rings is 1. The number of nitrogens with two attached hydrogens (primary N) is 1. The number of methoxy groups -OCH3 is 1. The summed E-state index contributed by atoms with van der Waals surface area (Å²) in [6.45, 7) is 3.76. The van der Waals surface area contributed by atoms with Gasteiger partial charge in [0, 0.05) is 38.6 Å². The Labute approximate surface area is 205 Å². The maximum atomic E-state index is 12.7. The van der Waals surface area contributed by atoms with Gasteiger partial charge in [0.25, 0.3) is 0 Å². The van der Waals surface area contributed by atoms with Crippen molar-refractivity contribution in [3.05, 3.63) is 69.9 Å². The average Bonchev–Trinajstić information content (AvgIpc) is 3.40. The molecule has 4 aromatic rings. The lowest BCUT2D eigenvalue weighted by Gasteiger charge is -2.13. The van der Waals surface area contributed by atoms with E-state index in [1.165, 1.54) is 17.4 Å². The Bertz CT molecular complexity index is 1420. The van der Waals surface area contributed by atoms with E-state index < -0.39 is 5.91 Å². The number of aryl methyl sites for hydroxylation is 1. The standard InChI is InChI=1S/C25H22ClN3O4S/c1-13(8-22(31)29-25-28-17(12-34-25)9-21(27)30)18-10-19-20(15-4-6-16(26)7-5-15)11-33-24(19)14(2)23(18)32-3/h4-8,10-12H,9H2,1-3H3,(H2,27,30)(H,28,29,31)/b13-8+. The number of furan rings is 1. The minimum Gasteiger partial charge on any atom is -0.496 e. The van der Waals surface area contributed by atoms with Crippen molar-refractivity contribution in [3.63, 3.8) is 0 Å². The molecule has 0 aliphatic carbocycles. The van der Waals surface area contributed by atoms with Gasteiger partial charge >= 0.3 is 0 Å². The summed E-state index contributed by atoms with van der Waals surface area (Å²) >= 11 is 7.27. The molecule has 0 radical (unpaired) electrons. The fourth-order valence-corrected chi connectivity index (χ4v) is 4.60. The van der Waals surface area contributed by atoms with Crippen molar-refractivity contribution in [1.82, 2.24) is 4.98 Å². The molecular weight excluding hydrogens is 474 g/mol. The van der Waals surface area contributed by atoms with E-state index in [0.717, 1.165) is 27.6 Å². The summed E-state index contributed by atoms with van der Waals surface area (Å²) in [5.41, 5.74) is 10.6. The highest BCUT2D eigenvalue weighted by atomic mass is 35.5. The lowest BCUT2D eigenvalue weighted by molar-refractivity contribution is -0.117. The van der Waals surface area contributed by atoms with Gasteiger partial charge in [-0.25, -0.2) is 4.98 Å². The molecule has 9 heteroatoms. The molecular formula is C25H22ClN3O4S. The number of primary amides is 1. The molecule has 0 bridgehead atoms. The number of halogens is 1. The van der Waals surface area contributed by atoms with Gasteiger partial charge in [-0.3, -0.25) is 14.9 Å². The molecule has 174 valence electrons. The monoisotopic (exact) mass is 495 g/mol. The van der Waals surface area contributed by atoms with Gasteiger partial charge in [-0.05, 0) is 43.2 Å². The Hall–Kier alpha value is -3.62. The van der Waals surface area contributed by atoms with Crippen molar-refractivity contribution in [2.24, 2.45) is 5.73 Å². The Kier molecular flexibility index (Phi) is 6.72. The van der Waals surface area contributed by atoms with Crippen LogP contribution in [0.4, 0.5) is 5.13 Å². The molecule has 2 aromatic heterocycles. The van der Waals surface area contributed by atoms with Gasteiger partial charge in [0.1, 0.15) is 11.3 Å². The van der Waals surface area contributed by atoms with E-state index in [1.807, 2.05) is 44.2 Å². The molecule has 4 rings (SSSR count). The molecule has 2 aromatic carbocycles. The van der Waals surface area contributed by atoms with Crippen LogP contribution in [0.5, 0.6) is 5.75 Å². The summed E-state index contributed by atoms with van der Waals surface area (Å²) in [4.78, 5) is 27.9. The first-order valence-corrected chi connectivity index (χ1v) is 11.6. The number of rotatable bonds is 7. The Morgan fingerprint density at radius 1 is 1.29 bits per heavy atom. The van der Waals surface area contributed by atoms with Crippen LogP contribution in [0.3, 0.4) is 0 Å². The second-order valence-electron chi connectivity index (χ2n) is 7.72. The van der Waals surface area contributed by atoms with Gasteiger partial charge in [-0.15, -0.1) is 11.3 Å². The van der Waals surface area contributed by atoms with Crippen molar-refractivity contribution >= 4 is 56.4 Å². The average molecular weight is 496 g/mol. The van der Waals surface area contributed by atoms with Crippen LogP contribution >= 0.6 is 22.9 Å². The zero-order chi connectivity index (χ0) is 24.4. The number of hydrogen-bond donors (Lipinski definition) is 2. The number of aromatic nitrogens is 1. The van der Waals surface area contributed by atoms with Crippen LogP contribution in [-0.2, 0) is 16.0 Å². The number of nitrogens with zero attached hydrogens (tertiary/aromatic N) is 1. The summed E-state index contributed by atoms with van der Waals surface area (Å²) in [7, 11) is 1.59. The van der Waals surface area contributed by atoms with Gasteiger partial charge in [-0.2, -0.15) is 0 Å². The maximum Gasteiger partial charge on any atom is 0.250 e. The number of amides is 2. The first-order chi connectivity index (χ1) is 16.3. The van der Waals surface area contributed by atoms with Crippen LogP contribution in [0, 0.1) is 6.92 Å². The van der Waals surface area contributed by atoms with Gasteiger partial charge < -0.3 is 14.9 Å². The highest BCUT2D eigenvalue weighted by Crippen LogP contribution is 2.40. The summed E-state index contributed by atoms with van der Waals surface area (Å²) in [6, 6.07) is 9.49. The molecule has 0 atom stereocenters. The molecule has 7 nitrogen and oxygen atoms in total. The lowest BCUT2D eigenvalue weighted by atomic mass is 9.96. The lowest BCUT2D eigenvalue weighted by Crippen LogP contribution is -2.14. The Morgan fingerprint density at radius 3 is 2.71 bits per heavy atom. The number of anilines is 1. The number of hydrogen-bond acceptors (Lipinski definition) is 6. The second kappa shape index (κ2) is 9.70. The number of benzene rings is 2. The van der Waals surface area contributed by atoms with Crippen molar-refractivity contribution in [1.29, 1.82) is 0 Å². The number of carbonyl (C=O) groups excluding carboxylic acids is 2. The maximum absolute atomic E-state index is 12.7. The van der Waals surface area contributed by atoms with Crippen LogP contribution in [0.25, 0.3) is 27.7 Å². The van der Waals surface area contributed by atoms with E-state index in [1.54, 1.807) is 18.8 Å². The first-order valence-electron chi connectivity index (χ1n) is 10.3. The zero-order valence-corrected chi connectivity index (χ0v) is 20.3. The first kappa shape index (κ1) is 23.5. The van der Waals surface area contributed by atoms with E-state index in [2.05, 4.69) is 10.3 Å². The minimum atomic E-state index is -0.478. The van der Waals surface area contributed by atoms with Crippen molar-refractivity contribution in [2.45, 2.75) is 20.3 Å². The van der Waals surface area contributed by atoms with Crippen LogP contribution < -0.4 is 15.8 Å². The highest BCUT2D eigenvalue weighted by Gasteiger charge is 2.19. The number of carbonyl (C=O) groups is 2. The highest BCUT2D eigenvalue weighted by molar-refractivity contribution is 7.14. The summed E-state index contributed by atoms with van der Waals surface area (Å²) < 4.78 is 11.6. The summed E-state index contributed by atoms with van der Waals surface area (Å²) in [6.07, 6.45) is 3.22. The topological polar surface area (TPSA) is 107 Å². The molecule has 0 aliphatic heterocycles. The molecule has 2 heterocycles. The van der Waals surface area contributed by atoms with Crippen LogP contribution in [0.1, 0.15) is 23.7 Å². The number of nitrogens with one attached hydrogen (secondary N) is 1. The van der Waals surface area contributed by atoms with E-state index in [9.17, 15) is 9.59 Å². The number of fused-ring (bicyclic) bond motifs is 1. The fourth-order valence-electron chi connectivity index (χ4n) is 3.76. The second-order valence-corrected chi connectivity index (χ2v) is 9.01. The predicted molar refractivity (Wildman–Crippen MR) is 135 cm³/mol. The zero-order valence-electron chi connectivity index (χ0n) is 18.8. The molecule has 0 aliphatic rings. The fraction of sp³-hybridized carbons (Fsp3) is 0.160. The Morgan fingerprint density at radius 2 is 2.03 bits per heavy atom. The van der Waals surface area contributed by atoms with Crippen molar-refractivity contribution in [2.75, 3.05) is 12.4 Å². The Balaban J connectivity index is 1.69. The SMILES string of the molecule is COc1c(/C(C)=C/C(=O)Nc2nc(CC(N)=O)cs2)cc2c(-c3ccc(Cl)cc3)coc2c1C. The minimum absolute atomic E-state index is 0.0262. The van der Waals surface area contributed by atoms with Crippen molar-refractivity contribution in [3.8, 4) is 16.9 Å². The smallest absolute Gasteiger partial charge is 0.250 e. The van der Waals surface area contributed by atoms with Gasteiger partial charge in [0.15, 0.2) is 5.13 Å². The predicted octanol–water partition coefficient (Wildman–Crippen LogP) is 5.60. The van der Waals surface area contributed by atoms with Gasteiger partial charge in [0.2, 0.25) is 11.8 Å². The molecule has 34 heavy (non-hydrogen) atoms. The van der Waals surface area contributed by atoms with Crippen LogP contribution in [0.2, 0.25) is 5.02 Å². The summed E-state index contributed by atoms with van der Waals surface area (Å²) in [5.74, 6) is -0.194. The quantitative estimate of drug-likeness (QED) is 0.324. The van der Waals surface area contributed by atoms with Gasteiger partial charge in [0.05, 0.1) is 25.5 Å². The third-order valence-corrected chi connectivity index (χ3v) is 6.37. The third kappa shape index (κ3) is 4.83. The van der Waals surface area contributed by atoms with E-state index in [-0.39, 0.29) is 12.3 Å². The van der Waals surface area contributed by atoms with Crippen molar-refractivity contribution < 1.29 is 18.7 Å². The normalized spacial score (nSPS) is 11.6. The molecule has 0 spiro atoms. The molecule has 0 fully saturated rings. The molecule has 0 saturated heterocycles. The van der Waals surface area contributed by atoms with E-state index >= 15 is 0 Å². The molecule has 0 unspecified atom stereocenters. The number of allylic oxidation sites excluding steroid dienone is 1. The largest absolute Gasteiger partial charge is 0.496 e. The molecule has 2 amide bonds. The van der Waals surface area contributed by atoms with Crippen LogP contribution in [0.15, 0.2) is 52.5 Å². The van der Waals surface area contributed by atoms with E-state index in [0.29, 0.717) is 32.8 Å². The third-order valence-electron chi connectivity index (χ3n) is 5.31.